The van der Waals surface area contributed by atoms with Crippen LogP contribution in [0.15, 0.2) is 41.4 Å². The van der Waals surface area contributed by atoms with Crippen molar-refractivity contribution in [3.63, 3.8) is 0 Å². The van der Waals surface area contributed by atoms with Crippen LogP contribution in [0.1, 0.15) is 24.8 Å². The highest BCUT2D eigenvalue weighted by Gasteiger charge is 2.58. The molecule has 1 aliphatic heterocycles. The van der Waals surface area contributed by atoms with Gasteiger partial charge in [-0.1, -0.05) is 29.8 Å². The molecule has 7 heteroatoms. The van der Waals surface area contributed by atoms with Crippen molar-refractivity contribution in [1.82, 2.24) is 15.5 Å². The number of ether oxygens (including phenoxy) is 1. The lowest BCUT2D eigenvalue weighted by Gasteiger charge is -2.18. The smallest absolute Gasteiger partial charge is 0.233 e. The Hall–Kier alpha value is -2.83. The summed E-state index contributed by atoms with van der Waals surface area (Å²) in [5, 5.41) is 6.52. The van der Waals surface area contributed by atoms with E-state index in [1.165, 1.54) is 10.5 Å². The number of allylic oxidation sites excluding steroid dienone is 2. The van der Waals surface area contributed by atoms with Gasteiger partial charge < -0.3 is 15.4 Å². The first-order valence-electron chi connectivity index (χ1n) is 11.3. The molecule has 0 spiro atoms. The van der Waals surface area contributed by atoms with Crippen LogP contribution in [0, 0.1) is 30.6 Å². The van der Waals surface area contributed by atoms with Crippen molar-refractivity contribution < 1.29 is 14.3 Å². The zero-order chi connectivity index (χ0) is 21.8. The molecule has 7 nitrogen and oxygen atoms in total. The topological polar surface area (TPSA) is 83.0 Å². The van der Waals surface area contributed by atoms with E-state index < -0.39 is 0 Å². The first-order valence-corrected chi connectivity index (χ1v) is 11.3. The predicted molar refractivity (Wildman–Crippen MR) is 120 cm³/mol. The summed E-state index contributed by atoms with van der Waals surface area (Å²) in [4.78, 5) is 31.1. The molecule has 166 valence electrons. The summed E-state index contributed by atoms with van der Waals surface area (Å²) in [6.45, 7) is 4.55. The van der Waals surface area contributed by atoms with Gasteiger partial charge in [0.05, 0.1) is 18.4 Å². The van der Waals surface area contributed by atoms with Crippen molar-refractivity contribution >= 4 is 17.8 Å². The van der Waals surface area contributed by atoms with Crippen molar-refractivity contribution in [2.45, 2.75) is 26.2 Å². The number of nitrogens with one attached hydrogen (secondary N) is 2. The zero-order valence-corrected chi connectivity index (χ0v) is 18.3. The van der Waals surface area contributed by atoms with Gasteiger partial charge in [0.25, 0.3) is 0 Å². The summed E-state index contributed by atoms with van der Waals surface area (Å²) in [5.41, 5.74) is 1.22. The quantitative estimate of drug-likeness (QED) is 0.209. The minimum atomic E-state index is -0.105. The van der Waals surface area contributed by atoms with Crippen LogP contribution in [-0.4, -0.2) is 56.0 Å². The fourth-order valence-electron chi connectivity index (χ4n) is 4.95. The molecule has 1 aromatic carbocycles. The van der Waals surface area contributed by atoms with E-state index in [1.807, 2.05) is 24.3 Å². The molecule has 31 heavy (non-hydrogen) atoms. The molecule has 2 bridgehead atoms. The molecule has 2 fully saturated rings. The monoisotopic (exact) mass is 424 g/mol. The molecule has 2 N–H and O–H groups in total. The number of nitrogens with zero attached hydrogens (tertiary/aromatic N) is 2. The van der Waals surface area contributed by atoms with Gasteiger partial charge in [-0.2, -0.15) is 0 Å². The lowest BCUT2D eigenvalue weighted by atomic mass is 9.85. The van der Waals surface area contributed by atoms with Gasteiger partial charge in [0.15, 0.2) is 5.96 Å². The van der Waals surface area contributed by atoms with E-state index in [9.17, 15) is 9.59 Å². The average molecular weight is 425 g/mol. The molecule has 1 aromatic rings. The predicted octanol–water partition coefficient (Wildman–Crippen LogP) is 2.13. The van der Waals surface area contributed by atoms with Crippen LogP contribution < -0.4 is 15.4 Å². The summed E-state index contributed by atoms with van der Waals surface area (Å²) in [5.74, 6) is 1.99. The zero-order valence-electron chi connectivity index (χ0n) is 18.3. The van der Waals surface area contributed by atoms with Crippen molar-refractivity contribution in [2.75, 3.05) is 33.3 Å². The Morgan fingerprint density at radius 3 is 2.26 bits per heavy atom. The van der Waals surface area contributed by atoms with Crippen LogP contribution in [0.2, 0.25) is 0 Å². The molecule has 4 unspecified atom stereocenters. The SMILES string of the molecule is CN=C(NCCCOc1ccc(C)cc1)NCCCN1C(=O)C2C3C=CC(C3)C2C1=O. The third-order valence-corrected chi connectivity index (χ3v) is 6.54. The largest absolute Gasteiger partial charge is 0.494 e. The Labute approximate surface area is 183 Å². The number of fused-ring (bicyclic) bond motifs is 5. The second-order valence-electron chi connectivity index (χ2n) is 8.62. The first-order chi connectivity index (χ1) is 15.1. The highest BCUT2D eigenvalue weighted by Crippen LogP contribution is 2.52. The summed E-state index contributed by atoms with van der Waals surface area (Å²) < 4.78 is 5.73. The van der Waals surface area contributed by atoms with E-state index in [-0.39, 0.29) is 35.5 Å². The summed E-state index contributed by atoms with van der Waals surface area (Å²) in [7, 11) is 1.73. The second kappa shape index (κ2) is 9.54. The maximum absolute atomic E-state index is 12.7. The number of carbonyl (C=O) groups is 2. The van der Waals surface area contributed by atoms with Gasteiger partial charge in [0, 0.05) is 26.7 Å². The Morgan fingerprint density at radius 1 is 1.03 bits per heavy atom. The third kappa shape index (κ3) is 4.60. The van der Waals surface area contributed by atoms with Crippen molar-refractivity contribution in [3.05, 3.63) is 42.0 Å². The van der Waals surface area contributed by atoms with E-state index >= 15 is 0 Å². The maximum Gasteiger partial charge on any atom is 0.233 e. The fourth-order valence-corrected chi connectivity index (χ4v) is 4.95. The van der Waals surface area contributed by atoms with Crippen LogP contribution in [0.25, 0.3) is 0 Å². The number of imide groups is 1. The molecule has 1 heterocycles. The highest BCUT2D eigenvalue weighted by atomic mass is 16.5. The molecular formula is C24H32N4O3. The molecule has 1 saturated carbocycles. The molecule has 1 saturated heterocycles. The van der Waals surface area contributed by atoms with Crippen LogP contribution in [0.3, 0.4) is 0 Å². The molecule has 4 rings (SSSR count). The maximum atomic E-state index is 12.7. The third-order valence-electron chi connectivity index (χ3n) is 6.54. The lowest BCUT2D eigenvalue weighted by molar-refractivity contribution is -0.140. The number of aliphatic imine (C=N–C) groups is 1. The van der Waals surface area contributed by atoms with E-state index in [0.717, 1.165) is 25.1 Å². The minimum absolute atomic E-state index is 0.0305. The van der Waals surface area contributed by atoms with Crippen molar-refractivity contribution in [2.24, 2.45) is 28.7 Å². The Kier molecular flexibility index (Phi) is 6.59. The number of likely N-dealkylation sites (tertiary alicyclic amines) is 1. The molecule has 0 radical (unpaired) electrons. The van der Waals surface area contributed by atoms with Gasteiger partial charge in [0.1, 0.15) is 5.75 Å². The standard InChI is InChI=1S/C24H32N4O3/c1-16-5-9-19(10-6-16)31-14-4-12-27-24(25-2)26-11-3-13-28-22(29)20-17-7-8-18(15-17)21(20)23(28)30/h5-10,17-18,20-21H,3-4,11-15H2,1-2H3,(H2,25,26,27). The van der Waals surface area contributed by atoms with Crippen LogP contribution in [0.4, 0.5) is 0 Å². The Morgan fingerprint density at radius 2 is 1.65 bits per heavy atom. The van der Waals surface area contributed by atoms with Gasteiger partial charge in [-0.15, -0.1) is 0 Å². The van der Waals surface area contributed by atoms with E-state index in [1.54, 1.807) is 7.05 Å². The van der Waals surface area contributed by atoms with E-state index in [4.69, 9.17) is 4.74 Å². The molecule has 4 atom stereocenters. The molecule has 2 amide bonds. The molecular weight excluding hydrogens is 392 g/mol. The lowest BCUT2D eigenvalue weighted by Crippen LogP contribution is -2.40. The average Bonchev–Trinajstić information content (AvgIpc) is 3.45. The number of benzene rings is 1. The number of amides is 2. The number of guanidine groups is 1. The second-order valence-corrected chi connectivity index (χ2v) is 8.62. The molecule has 3 aliphatic rings. The number of aryl methyl sites for hydroxylation is 1. The summed E-state index contributed by atoms with van der Waals surface area (Å²) in [6.07, 6.45) is 6.79. The summed E-state index contributed by atoms with van der Waals surface area (Å²) >= 11 is 0. The normalized spacial score (nSPS) is 26.5. The minimum Gasteiger partial charge on any atom is -0.494 e. The molecule has 0 aromatic heterocycles. The number of rotatable bonds is 9. The van der Waals surface area contributed by atoms with Gasteiger partial charge >= 0.3 is 0 Å². The van der Waals surface area contributed by atoms with E-state index in [0.29, 0.717) is 32.1 Å². The van der Waals surface area contributed by atoms with Gasteiger partial charge in [-0.3, -0.25) is 19.5 Å². The van der Waals surface area contributed by atoms with E-state index in [2.05, 4.69) is 34.7 Å². The Balaban J connectivity index is 1.11. The Bertz CT molecular complexity index is 834. The highest BCUT2D eigenvalue weighted by molar-refractivity contribution is 6.06. The number of hydrogen-bond donors (Lipinski definition) is 2. The number of carbonyl (C=O) groups excluding carboxylic acids is 2. The van der Waals surface area contributed by atoms with Gasteiger partial charge in [-0.05, 0) is 50.2 Å². The van der Waals surface area contributed by atoms with Crippen LogP contribution >= 0.6 is 0 Å². The van der Waals surface area contributed by atoms with Crippen molar-refractivity contribution in [1.29, 1.82) is 0 Å². The fraction of sp³-hybridized carbons (Fsp3) is 0.542. The molecule has 2 aliphatic carbocycles. The first kappa shape index (κ1) is 21.4. The number of hydrogen-bond acceptors (Lipinski definition) is 4. The van der Waals surface area contributed by atoms with Crippen LogP contribution in [-0.2, 0) is 9.59 Å². The summed E-state index contributed by atoms with van der Waals surface area (Å²) in [6, 6.07) is 8.04. The van der Waals surface area contributed by atoms with Gasteiger partial charge in [0.2, 0.25) is 11.8 Å². The van der Waals surface area contributed by atoms with Crippen LogP contribution in [0.5, 0.6) is 5.75 Å². The van der Waals surface area contributed by atoms with Gasteiger partial charge in [-0.25, -0.2) is 0 Å². The van der Waals surface area contributed by atoms with Crippen molar-refractivity contribution in [3.8, 4) is 5.75 Å².